The van der Waals surface area contributed by atoms with Gasteiger partial charge in [-0.05, 0) is 30.5 Å². The predicted molar refractivity (Wildman–Crippen MR) is 68.8 cm³/mol. The minimum atomic E-state index is 0.0424. The van der Waals surface area contributed by atoms with Crippen LogP contribution >= 0.6 is 0 Å². The Bertz CT molecular complexity index is 534. The van der Waals surface area contributed by atoms with Crippen LogP contribution in [0.3, 0.4) is 0 Å². The Morgan fingerprint density at radius 3 is 3.06 bits per heavy atom. The molecule has 2 rings (SSSR count). The molecule has 0 aliphatic heterocycles. The molecule has 1 aromatic carbocycles. The normalized spacial score (nSPS) is 11.1. The lowest BCUT2D eigenvalue weighted by molar-refractivity contribution is -0.124. The predicted octanol–water partition coefficient (Wildman–Crippen LogP) is 1.74. The molecule has 0 unspecified atom stereocenters. The average Bonchev–Trinajstić information content (AvgIpc) is 2.75. The summed E-state index contributed by atoms with van der Waals surface area (Å²) in [6, 6.07) is 5.94. The number of benzene rings is 1. The maximum atomic E-state index is 11.4. The van der Waals surface area contributed by atoms with Crippen LogP contribution in [-0.4, -0.2) is 30.0 Å². The van der Waals surface area contributed by atoms with Crippen molar-refractivity contribution < 1.29 is 9.21 Å². The van der Waals surface area contributed by atoms with Crippen molar-refractivity contribution in [1.82, 2.24) is 15.4 Å². The Hall–Kier alpha value is -1.88. The molecule has 1 heterocycles. The first-order valence-electron chi connectivity index (χ1n) is 5.94. The van der Waals surface area contributed by atoms with Gasteiger partial charge in [0, 0.05) is 20.5 Å². The van der Waals surface area contributed by atoms with E-state index in [1.54, 1.807) is 19.1 Å². The van der Waals surface area contributed by atoms with Gasteiger partial charge in [-0.2, -0.15) is 0 Å². The van der Waals surface area contributed by atoms with Gasteiger partial charge in [0.25, 0.3) is 0 Å². The first-order valence-corrected chi connectivity index (χ1v) is 5.94. The fourth-order valence-corrected chi connectivity index (χ4v) is 1.81. The summed E-state index contributed by atoms with van der Waals surface area (Å²) in [5, 5.41) is 1.66. The number of nitrogens with one attached hydrogen (secondary N) is 1. The standard InChI is InChI=1S/C13H17N3O2/c1-16(2)15-13(17)5-3-4-10-6-7-11-12(8-10)18-9-14-11/h6-9H,3-5H2,1-2H3,(H,15,17). The van der Waals surface area contributed by atoms with Crippen molar-refractivity contribution in [1.29, 1.82) is 0 Å². The van der Waals surface area contributed by atoms with Gasteiger partial charge in [0.05, 0.1) is 0 Å². The molecule has 5 heteroatoms. The fourth-order valence-electron chi connectivity index (χ4n) is 1.81. The first-order chi connectivity index (χ1) is 8.65. The molecular formula is C13H17N3O2. The maximum Gasteiger partial charge on any atom is 0.234 e. The number of hydrogen-bond donors (Lipinski definition) is 1. The average molecular weight is 247 g/mol. The highest BCUT2D eigenvalue weighted by Crippen LogP contribution is 2.15. The molecule has 0 aliphatic rings. The highest BCUT2D eigenvalue weighted by molar-refractivity contribution is 5.75. The summed E-state index contributed by atoms with van der Waals surface area (Å²) in [6.07, 6.45) is 3.64. The van der Waals surface area contributed by atoms with Crippen molar-refractivity contribution in [3.8, 4) is 0 Å². The van der Waals surface area contributed by atoms with Gasteiger partial charge in [-0.25, -0.2) is 9.99 Å². The zero-order chi connectivity index (χ0) is 13.0. The monoisotopic (exact) mass is 247 g/mol. The van der Waals surface area contributed by atoms with Crippen LogP contribution in [0.1, 0.15) is 18.4 Å². The number of amides is 1. The number of nitrogens with zero attached hydrogens (tertiary/aromatic N) is 2. The molecule has 1 aromatic heterocycles. The molecule has 0 bridgehead atoms. The number of hydrazine groups is 1. The van der Waals surface area contributed by atoms with Gasteiger partial charge in [0.15, 0.2) is 12.0 Å². The van der Waals surface area contributed by atoms with Crippen molar-refractivity contribution >= 4 is 17.0 Å². The van der Waals surface area contributed by atoms with Gasteiger partial charge < -0.3 is 4.42 Å². The van der Waals surface area contributed by atoms with E-state index in [0.717, 1.165) is 29.5 Å². The van der Waals surface area contributed by atoms with Gasteiger partial charge in [-0.1, -0.05) is 6.07 Å². The van der Waals surface area contributed by atoms with Crippen LogP contribution in [-0.2, 0) is 11.2 Å². The summed E-state index contributed by atoms with van der Waals surface area (Å²) in [5.74, 6) is 0.0424. The Kier molecular flexibility index (Phi) is 3.94. The van der Waals surface area contributed by atoms with Crippen LogP contribution in [0.15, 0.2) is 29.0 Å². The van der Waals surface area contributed by atoms with Crippen molar-refractivity contribution in [2.75, 3.05) is 14.1 Å². The SMILES string of the molecule is CN(C)NC(=O)CCCc1ccc2ncoc2c1. The molecule has 0 radical (unpaired) electrons. The summed E-state index contributed by atoms with van der Waals surface area (Å²) in [7, 11) is 3.60. The van der Waals surface area contributed by atoms with E-state index in [1.165, 1.54) is 6.39 Å². The van der Waals surface area contributed by atoms with Crippen LogP contribution < -0.4 is 5.43 Å². The lowest BCUT2D eigenvalue weighted by Crippen LogP contribution is -2.35. The third-order valence-electron chi connectivity index (χ3n) is 2.61. The quantitative estimate of drug-likeness (QED) is 0.818. The summed E-state index contributed by atoms with van der Waals surface area (Å²) in [6.45, 7) is 0. The fraction of sp³-hybridized carbons (Fsp3) is 0.385. The van der Waals surface area contributed by atoms with Crippen molar-refractivity contribution in [3.05, 3.63) is 30.2 Å². The van der Waals surface area contributed by atoms with Crippen LogP contribution in [0.5, 0.6) is 0 Å². The molecule has 5 nitrogen and oxygen atoms in total. The van der Waals surface area contributed by atoms with E-state index in [9.17, 15) is 4.79 Å². The molecule has 2 aromatic rings. The lowest BCUT2D eigenvalue weighted by Gasteiger charge is -2.11. The third kappa shape index (κ3) is 3.30. The zero-order valence-electron chi connectivity index (χ0n) is 10.6. The highest BCUT2D eigenvalue weighted by atomic mass is 16.3. The molecule has 1 amide bonds. The van der Waals surface area contributed by atoms with E-state index in [2.05, 4.69) is 10.4 Å². The zero-order valence-corrected chi connectivity index (χ0v) is 10.6. The van der Waals surface area contributed by atoms with Gasteiger partial charge in [0.1, 0.15) is 5.52 Å². The van der Waals surface area contributed by atoms with E-state index in [-0.39, 0.29) is 5.91 Å². The van der Waals surface area contributed by atoms with Gasteiger partial charge >= 0.3 is 0 Å². The van der Waals surface area contributed by atoms with Crippen molar-refractivity contribution in [2.45, 2.75) is 19.3 Å². The topological polar surface area (TPSA) is 58.4 Å². The summed E-state index contributed by atoms with van der Waals surface area (Å²) < 4.78 is 5.24. The largest absolute Gasteiger partial charge is 0.443 e. The lowest BCUT2D eigenvalue weighted by atomic mass is 10.1. The van der Waals surface area contributed by atoms with Crippen molar-refractivity contribution in [3.63, 3.8) is 0 Å². The van der Waals surface area contributed by atoms with E-state index in [4.69, 9.17) is 4.42 Å². The molecule has 0 saturated carbocycles. The number of carbonyl (C=O) groups excluding carboxylic acids is 1. The van der Waals surface area contributed by atoms with E-state index in [1.807, 2.05) is 18.2 Å². The van der Waals surface area contributed by atoms with Crippen LogP contribution in [0, 0.1) is 0 Å². The molecule has 96 valence electrons. The minimum absolute atomic E-state index is 0.0424. The summed E-state index contributed by atoms with van der Waals surface area (Å²) in [5.41, 5.74) is 5.55. The molecule has 0 atom stereocenters. The Morgan fingerprint density at radius 1 is 1.44 bits per heavy atom. The summed E-state index contributed by atoms with van der Waals surface area (Å²) in [4.78, 5) is 15.5. The van der Waals surface area contributed by atoms with Gasteiger partial charge in [0.2, 0.25) is 5.91 Å². The number of oxazole rings is 1. The number of fused-ring (bicyclic) bond motifs is 1. The Morgan fingerprint density at radius 2 is 2.28 bits per heavy atom. The molecule has 0 fully saturated rings. The molecule has 0 saturated heterocycles. The highest BCUT2D eigenvalue weighted by Gasteiger charge is 2.04. The van der Waals surface area contributed by atoms with Gasteiger partial charge in [-0.15, -0.1) is 0 Å². The first kappa shape index (κ1) is 12.6. The Balaban J connectivity index is 1.84. The number of aryl methyl sites for hydroxylation is 1. The minimum Gasteiger partial charge on any atom is -0.443 e. The second kappa shape index (κ2) is 5.64. The summed E-state index contributed by atoms with van der Waals surface area (Å²) >= 11 is 0. The smallest absolute Gasteiger partial charge is 0.234 e. The maximum absolute atomic E-state index is 11.4. The molecular weight excluding hydrogens is 230 g/mol. The third-order valence-corrected chi connectivity index (χ3v) is 2.61. The molecule has 18 heavy (non-hydrogen) atoms. The number of hydrogen-bond acceptors (Lipinski definition) is 4. The molecule has 0 spiro atoms. The number of aromatic nitrogens is 1. The second-order valence-corrected chi connectivity index (χ2v) is 4.44. The van der Waals surface area contributed by atoms with E-state index >= 15 is 0 Å². The number of carbonyl (C=O) groups is 1. The Labute approximate surface area is 106 Å². The van der Waals surface area contributed by atoms with Crippen LogP contribution in [0.2, 0.25) is 0 Å². The second-order valence-electron chi connectivity index (χ2n) is 4.44. The molecule has 1 N–H and O–H groups in total. The van der Waals surface area contributed by atoms with Crippen LogP contribution in [0.4, 0.5) is 0 Å². The van der Waals surface area contributed by atoms with Crippen LogP contribution in [0.25, 0.3) is 11.1 Å². The van der Waals surface area contributed by atoms with Gasteiger partial charge in [-0.3, -0.25) is 10.2 Å². The number of rotatable bonds is 5. The van der Waals surface area contributed by atoms with E-state index < -0.39 is 0 Å². The molecule has 0 aliphatic carbocycles. The van der Waals surface area contributed by atoms with E-state index in [0.29, 0.717) is 6.42 Å². The van der Waals surface area contributed by atoms with Crippen molar-refractivity contribution in [2.24, 2.45) is 0 Å².